The van der Waals surface area contributed by atoms with Crippen LogP contribution >= 0.6 is 0 Å². The minimum atomic E-state index is 0.696. The second-order valence-electron chi connectivity index (χ2n) is 3.95. The molecule has 0 atom stereocenters. The van der Waals surface area contributed by atoms with E-state index in [0.29, 0.717) is 6.54 Å². The lowest BCUT2D eigenvalue weighted by Gasteiger charge is -2.03. The first kappa shape index (κ1) is 11.7. The van der Waals surface area contributed by atoms with Crippen LogP contribution in [0.15, 0.2) is 42.5 Å². The van der Waals surface area contributed by atoms with Crippen LogP contribution in [0.1, 0.15) is 12.0 Å². The molecular formula is C15H17NO. The van der Waals surface area contributed by atoms with Crippen molar-refractivity contribution in [1.82, 2.24) is 0 Å². The molecule has 2 aromatic carbocycles. The molecule has 0 bridgehead atoms. The van der Waals surface area contributed by atoms with Crippen molar-refractivity contribution in [1.29, 1.82) is 0 Å². The number of ether oxygens (including phenoxy) is 1. The summed E-state index contributed by atoms with van der Waals surface area (Å²) in [5.41, 5.74) is 6.65. The highest BCUT2D eigenvalue weighted by Crippen LogP contribution is 2.22. The summed E-state index contributed by atoms with van der Waals surface area (Å²) in [6.45, 7) is 0.696. The van der Waals surface area contributed by atoms with Gasteiger partial charge in [-0.3, -0.25) is 0 Å². The predicted molar refractivity (Wildman–Crippen MR) is 73.2 cm³/mol. The van der Waals surface area contributed by atoms with Crippen LogP contribution in [-0.4, -0.2) is 13.7 Å². The Labute approximate surface area is 102 Å². The lowest BCUT2D eigenvalue weighted by Crippen LogP contribution is -1.94. The van der Waals surface area contributed by atoms with Gasteiger partial charge in [0.2, 0.25) is 0 Å². The minimum Gasteiger partial charge on any atom is -0.497 e. The molecule has 2 N–H and O–H groups in total. The molecule has 0 fully saturated rings. The van der Waals surface area contributed by atoms with E-state index in [0.717, 1.165) is 12.2 Å². The van der Waals surface area contributed by atoms with E-state index in [-0.39, 0.29) is 0 Å². The van der Waals surface area contributed by atoms with Crippen molar-refractivity contribution in [2.75, 3.05) is 13.7 Å². The second kappa shape index (κ2) is 5.51. The van der Waals surface area contributed by atoms with Gasteiger partial charge in [0.05, 0.1) is 7.11 Å². The van der Waals surface area contributed by atoms with Gasteiger partial charge >= 0.3 is 0 Å². The fourth-order valence-corrected chi connectivity index (χ4v) is 1.79. The van der Waals surface area contributed by atoms with Gasteiger partial charge in [0, 0.05) is 0 Å². The number of hydrogen-bond acceptors (Lipinski definition) is 2. The summed E-state index contributed by atoms with van der Waals surface area (Å²) in [4.78, 5) is 0. The SMILES string of the molecule is COc1ccc2cc(C=CCCN)ccc2c1. The van der Waals surface area contributed by atoms with Gasteiger partial charge in [0.1, 0.15) is 5.75 Å². The van der Waals surface area contributed by atoms with Crippen LogP contribution < -0.4 is 10.5 Å². The molecule has 17 heavy (non-hydrogen) atoms. The molecule has 0 saturated heterocycles. The first-order valence-electron chi connectivity index (χ1n) is 5.78. The van der Waals surface area contributed by atoms with E-state index in [9.17, 15) is 0 Å². The fraction of sp³-hybridized carbons (Fsp3) is 0.200. The number of benzene rings is 2. The third-order valence-corrected chi connectivity index (χ3v) is 2.72. The maximum atomic E-state index is 5.45. The topological polar surface area (TPSA) is 35.2 Å². The Morgan fingerprint density at radius 3 is 2.65 bits per heavy atom. The van der Waals surface area contributed by atoms with E-state index in [1.54, 1.807) is 7.11 Å². The van der Waals surface area contributed by atoms with Crippen molar-refractivity contribution in [3.8, 4) is 5.75 Å². The van der Waals surface area contributed by atoms with Gasteiger partial charge in [0.25, 0.3) is 0 Å². The predicted octanol–water partition coefficient (Wildman–Crippen LogP) is 3.21. The van der Waals surface area contributed by atoms with Crippen LogP contribution in [0.25, 0.3) is 16.8 Å². The quantitative estimate of drug-likeness (QED) is 0.870. The van der Waals surface area contributed by atoms with Gasteiger partial charge in [-0.2, -0.15) is 0 Å². The molecule has 0 saturated carbocycles. The van der Waals surface area contributed by atoms with Crippen LogP contribution in [0.2, 0.25) is 0 Å². The maximum Gasteiger partial charge on any atom is 0.119 e. The normalized spacial score (nSPS) is 11.2. The van der Waals surface area contributed by atoms with E-state index in [4.69, 9.17) is 10.5 Å². The summed E-state index contributed by atoms with van der Waals surface area (Å²) >= 11 is 0. The standard InChI is InChI=1S/C15H17NO/c1-17-15-8-7-13-10-12(4-2-3-9-16)5-6-14(13)11-15/h2,4-8,10-11H,3,9,16H2,1H3. The van der Waals surface area contributed by atoms with Crippen molar-refractivity contribution in [2.24, 2.45) is 5.73 Å². The Hall–Kier alpha value is -1.80. The number of fused-ring (bicyclic) bond motifs is 1. The fourth-order valence-electron chi connectivity index (χ4n) is 1.79. The largest absolute Gasteiger partial charge is 0.497 e. The van der Waals surface area contributed by atoms with E-state index < -0.39 is 0 Å². The molecule has 0 aromatic heterocycles. The Kier molecular flexibility index (Phi) is 3.78. The van der Waals surface area contributed by atoms with Crippen LogP contribution in [-0.2, 0) is 0 Å². The number of methoxy groups -OCH3 is 1. The van der Waals surface area contributed by atoms with Gasteiger partial charge in [-0.15, -0.1) is 0 Å². The molecule has 88 valence electrons. The zero-order valence-electron chi connectivity index (χ0n) is 10.0. The van der Waals surface area contributed by atoms with Crippen molar-refractivity contribution < 1.29 is 4.74 Å². The highest BCUT2D eigenvalue weighted by atomic mass is 16.5. The van der Waals surface area contributed by atoms with Crippen LogP contribution in [0.5, 0.6) is 5.75 Å². The third-order valence-electron chi connectivity index (χ3n) is 2.72. The highest BCUT2D eigenvalue weighted by Gasteiger charge is 1.96. The summed E-state index contributed by atoms with van der Waals surface area (Å²) in [6.07, 6.45) is 5.13. The molecular weight excluding hydrogens is 210 g/mol. The summed E-state index contributed by atoms with van der Waals surface area (Å²) in [5.74, 6) is 0.893. The molecule has 0 spiro atoms. The van der Waals surface area contributed by atoms with Gasteiger partial charge in [-0.1, -0.05) is 30.4 Å². The molecule has 0 amide bonds. The Balaban J connectivity index is 2.31. The van der Waals surface area contributed by atoms with Crippen molar-refractivity contribution in [3.05, 3.63) is 48.0 Å². The lowest BCUT2D eigenvalue weighted by atomic mass is 10.1. The summed E-state index contributed by atoms with van der Waals surface area (Å²) in [5, 5.41) is 2.42. The van der Waals surface area contributed by atoms with Gasteiger partial charge in [-0.25, -0.2) is 0 Å². The van der Waals surface area contributed by atoms with E-state index >= 15 is 0 Å². The van der Waals surface area contributed by atoms with E-state index in [1.165, 1.54) is 16.3 Å². The monoisotopic (exact) mass is 227 g/mol. The Morgan fingerprint density at radius 2 is 1.88 bits per heavy atom. The molecule has 2 aromatic rings. The number of rotatable bonds is 4. The molecule has 0 aliphatic rings. The van der Waals surface area contributed by atoms with E-state index in [1.807, 2.05) is 12.1 Å². The van der Waals surface area contributed by atoms with Crippen molar-refractivity contribution >= 4 is 16.8 Å². The molecule has 0 heterocycles. The lowest BCUT2D eigenvalue weighted by molar-refractivity contribution is 0.415. The van der Waals surface area contributed by atoms with Gasteiger partial charge < -0.3 is 10.5 Å². The maximum absolute atomic E-state index is 5.45. The Bertz CT molecular complexity index is 531. The zero-order valence-corrected chi connectivity index (χ0v) is 10.0. The van der Waals surface area contributed by atoms with Crippen LogP contribution in [0.4, 0.5) is 0 Å². The third kappa shape index (κ3) is 2.86. The first-order chi connectivity index (χ1) is 8.33. The summed E-state index contributed by atoms with van der Waals surface area (Å²) in [7, 11) is 1.69. The average Bonchev–Trinajstić information content (AvgIpc) is 2.38. The Morgan fingerprint density at radius 1 is 1.12 bits per heavy atom. The molecule has 0 aliphatic carbocycles. The van der Waals surface area contributed by atoms with Gasteiger partial charge in [0.15, 0.2) is 0 Å². The zero-order chi connectivity index (χ0) is 12.1. The summed E-state index contributed by atoms with van der Waals surface area (Å²) in [6, 6.07) is 12.5. The molecule has 2 nitrogen and oxygen atoms in total. The van der Waals surface area contributed by atoms with Crippen molar-refractivity contribution in [2.45, 2.75) is 6.42 Å². The molecule has 0 aliphatic heterocycles. The minimum absolute atomic E-state index is 0.696. The van der Waals surface area contributed by atoms with Gasteiger partial charge in [-0.05, 0) is 47.5 Å². The molecule has 2 heteroatoms. The van der Waals surface area contributed by atoms with Crippen LogP contribution in [0.3, 0.4) is 0 Å². The highest BCUT2D eigenvalue weighted by molar-refractivity contribution is 5.86. The number of nitrogens with two attached hydrogens (primary N) is 1. The second-order valence-corrected chi connectivity index (χ2v) is 3.95. The average molecular weight is 227 g/mol. The van der Waals surface area contributed by atoms with Crippen LogP contribution in [0, 0.1) is 0 Å². The molecule has 0 radical (unpaired) electrons. The van der Waals surface area contributed by atoms with Crippen molar-refractivity contribution in [3.63, 3.8) is 0 Å². The molecule has 0 unspecified atom stereocenters. The molecule has 2 rings (SSSR count). The first-order valence-corrected chi connectivity index (χ1v) is 5.78. The summed E-state index contributed by atoms with van der Waals surface area (Å²) < 4.78 is 5.20. The smallest absolute Gasteiger partial charge is 0.119 e. The number of hydrogen-bond donors (Lipinski definition) is 1. The van der Waals surface area contributed by atoms with E-state index in [2.05, 4.69) is 36.4 Å².